The van der Waals surface area contributed by atoms with Crippen LogP contribution in [0.25, 0.3) is 0 Å². The molecule has 2 heterocycles. The van der Waals surface area contributed by atoms with Crippen LogP contribution in [-0.4, -0.2) is 41.0 Å². The van der Waals surface area contributed by atoms with Gasteiger partial charge in [0, 0.05) is 30.8 Å². The van der Waals surface area contributed by atoms with Crippen LogP contribution in [0.15, 0.2) is 65.2 Å². The van der Waals surface area contributed by atoms with E-state index in [9.17, 15) is 14.0 Å². The number of piperidine rings is 1. The molecule has 2 amide bonds. The minimum Gasteiger partial charge on any atom is -0.360 e. The minimum atomic E-state index is -0.484. The molecule has 2 N–H and O–H groups in total. The average molecular weight is 436 g/mol. The van der Waals surface area contributed by atoms with Gasteiger partial charge in [-0.3, -0.25) is 14.5 Å². The Hall–Kier alpha value is -3.52. The van der Waals surface area contributed by atoms with Gasteiger partial charge in [-0.1, -0.05) is 35.5 Å². The maximum atomic E-state index is 13.2. The highest BCUT2D eigenvalue weighted by molar-refractivity contribution is 5.95. The van der Waals surface area contributed by atoms with Crippen LogP contribution in [0.4, 0.5) is 10.2 Å². The summed E-state index contributed by atoms with van der Waals surface area (Å²) in [6, 6.07) is 16.3. The number of rotatable bonds is 6. The van der Waals surface area contributed by atoms with Crippen molar-refractivity contribution in [3.63, 3.8) is 0 Å². The first kappa shape index (κ1) is 21.7. The van der Waals surface area contributed by atoms with Crippen molar-refractivity contribution in [3.05, 3.63) is 83.4 Å². The lowest BCUT2D eigenvalue weighted by molar-refractivity contribution is -0.122. The largest absolute Gasteiger partial charge is 0.360 e. The molecule has 0 bridgehead atoms. The number of hydrogen-bond donors (Lipinski definition) is 2. The fraction of sp³-hybridized carbons (Fsp3) is 0.292. The Bertz CT molecular complexity index is 1060. The molecule has 0 aliphatic carbocycles. The highest BCUT2D eigenvalue weighted by Gasteiger charge is 2.32. The molecule has 1 atom stereocenters. The summed E-state index contributed by atoms with van der Waals surface area (Å²) in [7, 11) is 0. The van der Waals surface area contributed by atoms with Gasteiger partial charge in [-0.05, 0) is 49.6 Å². The molecule has 1 aliphatic heterocycles. The third-order valence-electron chi connectivity index (χ3n) is 5.58. The second-order valence-electron chi connectivity index (χ2n) is 7.92. The maximum Gasteiger partial charge on any atom is 0.251 e. The van der Waals surface area contributed by atoms with E-state index in [1.165, 1.54) is 24.3 Å². The van der Waals surface area contributed by atoms with Gasteiger partial charge in [0.05, 0.1) is 0 Å². The van der Waals surface area contributed by atoms with Crippen LogP contribution < -0.4 is 10.6 Å². The summed E-state index contributed by atoms with van der Waals surface area (Å²) in [5, 5.41) is 9.72. The minimum absolute atomic E-state index is 0.0125. The first-order valence-corrected chi connectivity index (χ1v) is 10.6. The van der Waals surface area contributed by atoms with Crippen LogP contribution in [0.2, 0.25) is 0 Å². The second kappa shape index (κ2) is 9.74. The monoisotopic (exact) mass is 436 g/mol. The van der Waals surface area contributed by atoms with E-state index >= 15 is 0 Å². The summed E-state index contributed by atoms with van der Waals surface area (Å²) in [5.74, 6) is 0.227. The first-order valence-electron chi connectivity index (χ1n) is 10.6. The van der Waals surface area contributed by atoms with E-state index in [1.54, 1.807) is 13.0 Å². The molecule has 4 rings (SSSR count). The van der Waals surface area contributed by atoms with Crippen LogP contribution >= 0.6 is 0 Å². The van der Waals surface area contributed by atoms with Gasteiger partial charge in [0.15, 0.2) is 5.82 Å². The van der Waals surface area contributed by atoms with Gasteiger partial charge in [-0.2, -0.15) is 0 Å². The molecule has 1 aliphatic rings. The van der Waals surface area contributed by atoms with E-state index in [1.807, 2.05) is 30.3 Å². The lowest BCUT2D eigenvalue weighted by Gasteiger charge is -2.37. The quantitative estimate of drug-likeness (QED) is 0.615. The van der Waals surface area contributed by atoms with Crippen LogP contribution in [0.1, 0.15) is 40.6 Å². The first-order chi connectivity index (χ1) is 15.5. The van der Waals surface area contributed by atoms with Crippen LogP contribution in [0.3, 0.4) is 0 Å². The zero-order valence-corrected chi connectivity index (χ0v) is 17.8. The lowest BCUT2D eigenvalue weighted by Crippen LogP contribution is -2.48. The molecule has 0 saturated carbocycles. The number of carbonyl (C=O) groups excluding carboxylic acids is 2. The van der Waals surface area contributed by atoms with Gasteiger partial charge in [0.25, 0.3) is 5.91 Å². The van der Waals surface area contributed by atoms with Gasteiger partial charge < -0.3 is 15.2 Å². The van der Waals surface area contributed by atoms with Crippen molar-refractivity contribution in [1.82, 2.24) is 15.4 Å². The Morgan fingerprint density at radius 1 is 1.09 bits per heavy atom. The number of amides is 2. The predicted molar refractivity (Wildman–Crippen MR) is 118 cm³/mol. The average Bonchev–Trinajstić information content (AvgIpc) is 3.20. The highest BCUT2D eigenvalue weighted by Crippen LogP contribution is 2.26. The van der Waals surface area contributed by atoms with Gasteiger partial charge >= 0.3 is 0 Å². The van der Waals surface area contributed by atoms with Crippen LogP contribution in [0, 0.1) is 12.7 Å². The Balaban J connectivity index is 1.41. The molecule has 7 nitrogen and oxygen atoms in total. The summed E-state index contributed by atoms with van der Waals surface area (Å²) in [5.41, 5.74) is 1.32. The van der Waals surface area contributed by atoms with Gasteiger partial charge in [0.1, 0.15) is 17.6 Å². The Morgan fingerprint density at radius 3 is 2.41 bits per heavy atom. The van der Waals surface area contributed by atoms with Gasteiger partial charge in [-0.25, -0.2) is 4.39 Å². The predicted octanol–water partition coefficient (Wildman–Crippen LogP) is 3.70. The smallest absolute Gasteiger partial charge is 0.251 e. The summed E-state index contributed by atoms with van der Waals surface area (Å²) in [4.78, 5) is 27.7. The molecule has 32 heavy (non-hydrogen) atoms. The zero-order chi connectivity index (χ0) is 22.5. The maximum absolute atomic E-state index is 13.2. The molecule has 8 heteroatoms. The number of likely N-dealkylation sites (tertiary alicyclic amines) is 1. The molecular weight excluding hydrogens is 411 g/mol. The number of benzene rings is 2. The molecule has 2 aromatic carbocycles. The highest BCUT2D eigenvalue weighted by atomic mass is 19.1. The van der Waals surface area contributed by atoms with E-state index < -0.39 is 6.04 Å². The summed E-state index contributed by atoms with van der Waals surface area (Å²) < 4.78 is 18.1. The molecule has 1 fully saturated rings. The molecule has 1 aromatic heterocycles. The topological polar surface area (TPSA) is 87.5 Å². The Kier molecular flexibility index (Phi) is 6.61. The normalized spacial score (nSPS) is 15.8. The zero-order valence-electron chi connectivity index (χ0n) is 17.8. The standard InChI is InChI=1S/C24H25FN4O3/c1-16-15-21(28-32-16)27-24(31)22(17-5-3-2-4-6-17)29-13-11-20(12-14-29)26-23(30)18-7-9-19(25)10-8-18/h2-10,15,20,22H,11-14H2,1H3,(H,26,30)(H,27,28,31). The van der Waals surface area contributed by atoms with Gasteiger partial charge in [-0.15, -0.1) is 0 Å². The number of aryl methyl sites for hydroxylation is 1. The molecule has 1 saturated heterocycles. The van der Waals surface area contributed by atoms with Crippen molar-refractivity contribution >= 4 is 17.6 Å². The summed E-state index contributed by atoms with van der Waals surface area (Å²) in [6.07, 6.45) is 1.40. The molecule has 166 valence electrons. The van der Waals surface area contributed by atoms with E-state index in [-0.39, 0.29) is 23.7 Å². The van der Waals surface area contributed by atoms with Crippen LogP contribution in [-0.2, 0) is 4.79 Å². The van der Waals surface area contributed by atoms with Crippen molar-refractivity contribution in [3.8, 4) is 0 Å². The van der Waals surface area contributed by atoms with E-state index in [0.717, 1.165) is 5.56 Å². The fourth-order valence-corrected chi connectivity index (χ4v) is 3.96. The van der Waals surface area contributed by atoms with Crippen molar-refractivity contribution in [1.29, 1.82) is 0 Å². The number of nitrogens with one attached hydrogen (secondary N) is 2. The van der Waals surface area contributed by atoms with E-state index in [2.05, 4.69) is 20.7 Å². The molecule has 1 unspecified atom stereocenters. The third kappa shape index (κ3) is 5.20. The van der Waals surface area contributed by atoms with Crippen LogP contribution in [0.5, 0.6) is 0 Å². The summed E-state index contributed by atoms with van der Waals surface area (Å²) >= 11 is 0. The molecular formula is C24H25FN4O3. The SMILES string of the molecule is Cc1cc(NC(=O)C(c2ccccc2)N2CCC(NC(=O)c3ccc(F)cc3)CC2)no1. The molecule has 3 aromatic rings. The lowest BCUT2D eigenvalue weighted by atomic mass is 9.98. The number of nitrogens with zero attached hydrogens (tertiary/aromatic N) is 2. The van der Waals surface area contributed by atoms with Gasteiger partial charge in [0.2, 0.25) is 5.91 Å². The van der Waals surface area contributed by atoms with Crippen molar-refractivity contribution in [2.24, 2.45) is 0 Å². The van der Waals surface area contributed by atoms with E-state index in [0.29, 0.717) is 43.1 Å². The number of hydrogen-bond acceptors (Lipinski definition) is 5. The van der Waals surface area contributed by atoms with Crippen molar-refractivity contribution in [2.45, 2.75) is 31.8 Å². The van der Waals surface area contributed by atoms with E-state index in [4.69, 9.17) is 4.52 Å². The second-order valence-corrected chi connectivity index (χ2v) is 7.92. The number of aromatic nitrogens is 1. The molecule has 0 radical (unpaired) electrons. The van der Waals surface area contributed by atoms with Crippen molar-refractivity contribution < 1.29 is 18.5 Å². The Morgan fingerprint density at radius 2 is 1.78 bits per heavy atom. The molecule has 0 spiro atoms. The third-order valence-corrected chi connectivity index (χ3v) is 5.58. The fourth-order valence-electron chi connectivity index (χ4n) is 3.96. The number of carbonyl (C=O) groups is 2. The Labute approximate surface area is 185 Å². The van der Waals surface area contributed by atoms with Crippen molar-refractivity contribution in [2.75, 3.05) is 18.4 Å². The summed E-state index contributed by atoms with van der Waals surface area (Å²) in [6.45, 7) is 3.04. The number of halogens is 1. The number of anilines is 1.